The van der Waals surface area contributed by atoms with Gasteiger partial charge in [-0.3, -0.25) is 4.79 Å². The van der Waals surface area contributed by atoms with Crippen molar-refractivity contribution in [3.63, 3.8) is 0 Å². The van der Waals surface area contributed by atoms with Crippen molar-refractivity contribution in [2.24, 2.45) is 0 Å². The molecule has 0 bridgehead atoms. The SMILES string of the molecule is CC(F)(F)C(=O)c1ccc(Br)c(Cl)c1F. The molecular weight excluding hydrogens is 296 g/mol. The fourth-order valence-electron chi connectivity index (χ4n) is 0.938. The van der Waals surface area contributed by atoms with Crippen LogP contribution in [0.1, 0.15) is 17.3 Å². The summed E-state index contributed by atoms with van der Waals surface area (Å²) in [5, 5.41) is -0.384. The molecule has 0 saturated carbocycles. The maximum absolute atomic E-state index is 13.3. The molecule has 1 nitrogen and oxygen atoms in total. The van der Waals surface area contributed by atoms with Crippen LogP contribution in [0.2, 0.25) is 5.02 Å². The second-order valence-electron chi connectivity index (χ2n) is 2.94. The molecule has 0 N–H and O–H groups in total. The Balaban J connectivity index is 3.29. The number of ketones is 1. The lowest BCUT2D eigenvalue weighted by atomic mass is 10.1. The van der Waals surface area contributed by atoms with Gasteiger partial charge >= 0.3 is 5.92 Å². The van der Waals surface area contributed by atoms with E-state index in [4.69, 9.17) is 11.6 Å². The van der Waals surface area contributed by atoms with Gasteiger partial charge in [0.25, 0.3) is 0 Å². The van der Waals surface area contributed by atoms with Crippen molar-refractivity contribution in [3.8, 4) is 0 Å². The van der Waals surface area contributed by atoms with E-state index in [9.17, 15) is 18.0 Å². The number of hydrogen-bond acceptors (Lipinski definition) is 1. The van der Waals surface area contributed by atoms with Gasteiger partial charge in [-0.1, -0.05) is 11.6 Å². The Morgan fingerprint density at radius 3 is 2.47 bits per heavy atom. The van der Waals surface area contributed by atoms with E-state index in [0.29, 0.717) is 6.92 Å². The summed E-state index contributed by atoms with van der Waals surface area (Å²) >= 11 is 8.37. The molecular formula is C9H5BrClF3O. The summed E-state index contributed by atoms with van der Waals surface area (Å²) in [7, 11) is 0. The molecule has 0 aliphatic heterocycles. The zero-order chi connectivity index (χ0) is 11.8. The van der Waals surface area contributed by atoms with Crippen molar-refractivity contribution in [3.05, 3.63) is 33.0 Å². The van der Waals surface area contributed by atoms with E-state index in [-0.39, 0.29) is 9.50 Å². The van der Waals surface area contributed by atoms with Gasteiger partial charge in [0.05, 0.1) is 10.6 Å². The number of Topliss-reactive ketones (excluding diaryl/α,β-unsaturated/α-hetero) is 1. The summed E-state index contributed by atoms with van der Waals surface area (Å²) in [6, 6.07) is 2.20. The second kappa shape index (κ2) is 4.14. The van der Waals surface area contributed by atoms with Crippen LogP contribution in [0, 0.1) is 5.82 Å². The van der Waals surface area contributed by atoms with E-state index in [1.807, 2.05) is 0 Å². The molecule has 0 radical (unpaired) electrons. The van der Waals surface area contributed by atoms with Crippen LogP contribution >= 0.6 is 27.5 Å². The van der Waals surface area contributed by atoms with Crippen LogP contribution < -0.4 is 0 Å². The lowest BCUT2D eigenvalue weighted by Crippen LogP contribution is -2.25. The van der Waals surface area contributed by atoms with Crippen LogP contribution in [0.15, 0.2) is 16.6 Å². The molecule has 0 aliphatic rings. The first-order valence-electron chi connectivity index (χ1n) is 3.81. The highest BCUT2D eigenvalue weighted by molar-refractivity contribution is 9.10. The minimum Gasteiger partial charge on any atom is -0.287 e. The summed E-state index contributed by atoms with van der Waals surface area (Å²) < 4.78 is 38.8. The van der Waals surface area contributed by atoms with Crippen LogP contribution in [0.5, 0.6) is 0 Å². The predicted molar refractivity (Wildman–Crippen MR) is 54.1 cm³/mol. The maximum atomic E-state index is 13.3. The lowest BCUT2D eigenvalue weighted by Gasteiger charge is -2.10. The van der Waals surface area contributed by atoms with Gasteiger partial charge < -0.3 is 0 Å². The van der Waals surface area contributed by atoms with Crippen molar-refractivity contribution >= 4 is 33.3 Å². The molecule has 1 rings (SSSR count). The zero-order valence-electron chi connectivity index (χ0n) is 7.45. The highest BCUT2D eigenvalue weighted by Crippen LogP contribution is 2.30. The predicted octanol–water partition coefficient (Wildman–Crippen LogP) is 4.08. The smallest absolute Gasteiger partial charge is 0.287 e. The third-order valence-corrected chi connectivity index (χ3v) is 2.94. The first-order valence-corrected chi connectivity index (χ1v) is 4.98. The highest BCUT2D eigenvalue weighted by atomic mass is 79.9. The number of hydrogen-bond donors (Lipinski definition) is 0. The van der Waals surface area contributed by atoms with Gasteiger partial charge in [-0.05, 0) is 28.1 Å². The van der Waals surface area contributed by atoms with E-state index < -0.39 is 23.1 Å². The van der Waals surface area contributed by atoms with E-state index in [2.05, 4.69) is 15.9 Å². The third kappa shape index (κ3) is 2.52. The quantitative estimate of drug-likeness (QED) is 0.594. The summed E-state index contributed by atoms with van der Waals surface area (Å²) in [6.45, 7) is 0.407. The van der Waals surface area contributed by atoms with Crippen molar-refractivity contribution in [2.75, 3.05) is 0 Å². The molecule has 0 spiro atoms. The van der Waals surface area contributed by atoms with Crippen molar-refractivity contribution in [2.45, 2.75) is 12.8 Å². The molecule has 0 amide bonds. The Morgan fingerprint density at radius 1 is 1.47 bits per heavy atom. The van der Waals surface area contributed by atoms with Gasteiger partial charge in [-0.25, -0.2) is 4.39 Å². The molecule has 1 aromatic rings. The molecule has 1 aromatic carbocycles. The number of carbonyl (C=O) groups excluding carboxylic acids is 1. The summed E-state index contributed by atoms with van der Waals surface area (Å²) in [5.41, 5.74) is -0.712. The van der Waals surface area contributed by atoms with Gasteiger partial charge in [0.2, 0.25) is 5.78 Å². The molecule has 82 valence electrons. The molecule has 0 unspecified atom stereocenters. The van der Waals surface area contributed by atoms with Crippen LogP contribution in [0.3, 0.4) is 0 Å². The fraction of sp³-hybridized carbons (Fsp3) is 0.222. The van der Waals surface area contributed by atoms with Crippen LogP contribution in [-0.4, -0.2) is 11.7 Å². The minimum absolute atomic E-state index is 0.206. The number of rotatable bonds is 2. The topological polar surface area (TPSA) is 17.1 Å². The summed E-state index contributed by atoms with van der Waals surface area (Å²) in [6.07, 6.45) is 0. The molecule has 6 heteroatoms. The molecule has 0 fully saturated rings. The Labute approximate surface area is 97.4 Å². The minimum atomic E-state index is -3.61. The Kier molecular flexibility index (Phi) is 3.45. The van der Waals surface area contributed by atoms with Gasteiger partial charge in [-0.15, -0.1) is 0 Å². The number of benzene rings is 1. The maximum Gasteiger partial charge on any atom is 0.307 e. The van der Waals surface area contributed by atoms with Crippen LogP contribution in [0.25, 0.3) is 0 Å². The standard InChI is InChI=1S/C9H5BrClF3O/c1-9(13,14)8(15)4-2-3-5(10)6(11)7(4)12/h2-3H,1H3. The van der Waals surface area contributed by atoms with E-state index in [1.54, 1.807) is 0 Å². The van der Waals surface area contributed by atoms with Crippen molar-refractivity contribution in [1.29, 1.82) is 0 Å². The van der Waals surface area contributed by atoms with Crippen molar-refractivity contribution in [1.82, 2.24) is 0 Å². The Hall–Kier alpha value is -0.550. The molecule has 0 saturated heterocycles. The monoisotopic (exact) mass is 300 g/mol. The van der Waals surface area contributed by atoms with Gasteiger partial charge in [0.15, 0.2) is 5.82 Å². The Morgan fingerprint density at radius 2 is 2.00 bits per heavy atom. The van der Waals surface area contributed by atoms with Gasteiger partial charge in [-0.2, -0.15) is 8.78 Å². The Bertz CT molecular complexity index is 415. The number of carbonyl (C=O) groups is 1. The third-order valence-electron chi connectivity index (χ3n) is 1.68. The zero-order valence-corrected chi connectivity index (χ0v) is 9.79. The second-order valence-corrected chi connectivity index (χ2v) is 4.17. The number of alkyl halides is 2. The van der Waals surface area contributed by atoms with Crippen molar-refractivity contribution < 1.29 is 18.0 Å². The van der Waals surface area contributed by atoms with Gasteiger partial charge in [0, 0.05) is 11.4 Å². The average molecular weight is 301 g/mol. The molecule has 0 heterocycles. The first-order chi connectivity index (χ1) is 6.75. The molecule has 0 aliphatic carbocycles. The summed E-state index contributed by atoms with van der Waals surface area (Å²) in [4.78, 5) is 11.1. The first kappa shape index (κ1) is 12.5. The fourth-order valence-corrected chi connectivity index (χ4v) is 1.41. The van der Waals surface area contributed by atoms with E-state index >= 15 is 0 Å². The van der Waals surface area contributed by atoms with E-state index in [1.165, 1.54) is 6.07 Å². The normalized spacial score (nSPS) is 11.6. The largest absolute Gasteiger partial charge is 0.307 e. The average Bonchev–Trinajstić information content (AvgIpc) is 2.12. The lowest BCUT2D eigenvalue weighted by molar-refractivity contribution is 0.0217. The molecule has 0 aromatic heterocycles. The van der Waals surface area contributed by atoms with E-state index in [0.717, 1.165) is 6.07 Å². The van der Waals surface area contributed by atoms with Gasteiger partial charge in [0.1, 0.15) is 0 Å². The van der Waals surface area contributed by atoms with Crippen LogP contribution in [-0.2, 0) is 0 Å². The highest BCUT2D eigenvalue weighted by Gasteiger charge is 2.35. The number of halogens is 5. The summed E-state index contributed by atoms with van der Waals surface area (Å²) in [5.74, 6) is -6.34. The molecule has 15 heavy (non-hydrogen) atoms. The van der Waals surface area contributed by atoms with Crippen LogP contribution in [0.4, 0.5) is 13.2 Å². The molecule has 0 atom stereocenters.